The minimum atomic E-state index is -3.69. The Bertz CT molecular complexity index is 1170. The molecule has 9 nitrogen and oxygen atoms in total. The van der Waals surface area contributed by atoms with Crippen LogP contribution in [0.4, 0.5) is 0 Å². The number of carbonyl (C=O) groups is 1. The Morgan fingerprint density at radius 3 is 2.50 bits per heavy atom. The van der Waals surface area contributed by atoms with Crippen LogP contribution in [-0.4, -0.2) is 46.8 Å². The minimum Gasteiger partial charge on any atom is -0.360 e. The molecule has 0 radical (unpaired) electrons. The molecule has 1 amide bonds. The summed E-state index contributed by atoms with van der Waals surface area (Å²) < 4.78 is 32.5. The van der Waals surface area contributed by atoms with Gasteiger partial charge in [0.05, 0.1) is 17.1 Å². The number of H-pyrrole nitrogens is 1. The second kappa shape index (κ2) is 8.67. The van der Waals surface area contributed by atoms with Crippen LogP contribution in [0.3, 0.4) is 0 Å². The monoisotopic (exact) mass is 459 g/mol. The zero-order valence-corrected chi connectivity index (χ0v) is 19.6. The van der Waals surface area contributed by atoms with Crippen LogP contribution in [0.5, 0.6) is 0 Å². The number of carbonyl (C=O) groups excluding carboxylic acids is 1. The topological polar surface area (TPSA) is 121 Å². The van der Waals surface area contributed by atoms with E-state index in [1.165, 1.54) is 4.31 Å². The van der Waals surface area contributed by atoms with E-state index in [-0.39, 0.29) is 47.5 Å². The van der Waals surface area contributed by atoms with E-state index >= 15 is 0 Å². The third-order valence-electron chi connectivity index (χ3n) is 6.06. The molecular formula is C22H29N5O4S. The lowest BCUT2D eigenvalue weighted by Crippen LogP contribution is -2.44. The van der Waals surface area contributed by atoms with Crippen molar-refractivity contribution in [3.8, 4) is 0 Å². The number of amides is 1. The fourth-order valence-corrected chi connectivity index (χ4v) is 6.03. The second-order valence-electron chi connectivity index (χ2n) is 8.70. The van der Waals surface area contributed by atoms with Gasteiger partial charge in [-0.2, -0.15) is 4.31 Å². The second-order valence-corrected chi connectivity index (χ2v) is 10.6. The summed E-state index contributed by atoms with van der Waals surface area (Å²) >= 11 is 0. The van der Waals surface area contributed by atoms with Crippen LogP contribution in [0.1, 0.15) is 50.0 Å². The number of aryl methyl sites for hydroxylation is 2. The summed E-state index contributed by atoms with van der Waals surface area (Å²) in [6, 6.07) is 7.51. The van der Waals surface area contributed by atoms with Crippen molar-refractivity contribution in [2.75, 3.05) is 13.1 Å². The summed E-state index contributed by atoms with van der Waals surface area (Å²) in [7, 11) is -3.69. The van der Waals surface area contributed by atoms with E-state index in [1.54, 1.807) is 13.8 Å². The number of nitrogens with zero attached hydrogens (tertiary/aromatic N) is 3. The zero-order valence-electron chi connectivity index (χ0n) is 18.8. The molecule has 3 heterocycles. The summed E-state index contributed by atoms with van der Waals surface area (Å²) in [5.74, 6) is 0.829. The highest BCUT2D eigenvalue weighted by Crippen LogP contribution is 2.29. The van der Waals surface area contributed by atoms with Crippen molar-refractivity contribution in [2.24, 2.45) is 11.8 Å². The van der Waals surface area contributed by atoms with Crippen LogP contribution in [0.2, 0.25) is 0 Å². The Kier molecular flexibility index (Phi) is 6.09. The molecule has 1 aliphatic rings. The molecule has 1 aliphatic heterocycles. The van der Waals surface area contributed by atoms with Crippen molar-refractivity contribution in [3.63, 3.8) is 0 Å². The van der Waals surface area contributed by atoms with Gasteiger partial charge in [0.1, 0.15) is 16.4 Å². The first kappa shape index (κ1) is 22.5. The van der Waals surface area contributed by atoms with Gasteiger partial charge in [-0.3, -0.25) is 4.79 Å². The van der Waals surface area contributed by atoms with Crippen LogP contribution in [0.25, 0.3) is 11.0 Å². The maximum atomic E-state index is 13.0. The molecule has 0 saturated carbocycles. The van der Waals surface area contributed by atoms with Crippen molar-refractivity contribution < 1.29 is 17.7 Å². The molecule has 0 bridgehead atoms. The largest absolute Gasteiger partial charge is 0.360 e. The van der Waals surface area contributed by atoms with Gasteiger partial charge in [0, 0.05) is 19.0 Å². The molecule has 1 saturated heterocycles. The molecule has 4 rings (SSSR count). The van der Waals surface area contributed by atoms with Gasteiger partial charge in [0.2, 0.25) is 15.9 Å². The van der Waals surface area contributed by atoms with Gasteiger partial charge in [-0.25, -0.2) is 13.4 Å². The average Bonchev–Trinajstić information content (AvgIpc) is 3.34. The summed E-state index contributed by atoms with van der Waals surface area (Å²) in [5, 5.41) is 6.90. The number of aromatic amines is 1. The van der Waals surface area contributed by atoms with E-state index in [0.717, 1.165) is 16.9 Å². The highest BCUT2D eigenvalue weighted by atomic mass is 32.2. The molecule has 3 aromatic rings. The Morgan fingerprint density at radius 1 is 1.22 bits per heavy atom. The molecule has 2 N–H and O–H groups in total. The fraction of sp³-hybridized carbons (Fsp3) is 0.500. The van der Waals surface area contributed by atoms with Crippen molar-refractivity contribution >= 4 is 27.0 Å². The van der Waals surface area contributed by atoms with Gasteiger partial charge in [0.25, 0.3) is 0 Å². The maximum absolute atomic E-state index is 13.0. The van der Waals surface area contributed by atoms with E-state index < -0.39 is 10.0 Å². The quantitative estimate of drug-likeness (QED) is 0.584. The molecule has 1 atom stereocenters. The van der Waals surface area contributed by atoms with Gasteiger partial charge in [0.15, 0.2) is 5.76 Å². The lowest BCUT2D eigenvalue weighted by Gasteiger charge is -2.31. The van der Waals surface area contributed by atoms with E-state index in [0.29, 0.717) is 18.5 Å². The fourth-order valence-electron chi connectivity index (χ4n) is 4.27. The molecular weight excluding hydrogens is 430 g/mol. The number of sulfonamides is 1. The molecule has 172 valence electrons. The average molecular weight is 460 g/mol. The normalized spacial score (nSPS) is 17.2. The number of aromatic nitrogens is 3. The van der Waals surface area contributed by atoms with Gasteiger partial charge >= 0.3 is 0 Å². The van der Waals surface area contributed by atoms with Crippen molar-refractivity contribution in [1.29, 1.82) is 0 Å². The lowest BCUT2D eigenvalue weighted by atomic mass is 9.95. The number of para-hydroxylation sites is 2. The number of fused-ring (bicyclic) bond motifs is 1. The first-order chi connectivity index (χ1) is 15.2. The SMILES string of the molecule is Cc1noc(C)c1S(=O)(=O)N1CCC(C(=O)N[C@H](c2nc3ccccc3[nH]2)C(C)C)CC1. The number of hydrogen-bond acceptors (Lipinski definition) is 6. The summed E-state index contributed by atoms with van der Waals surface area (Å²) in [4.78, 5) is 21.1. The molecule has 2 aromatic heterocycles. The Labute approximate surface area is 187 Å². The van der Waals surface area contributed by atoms with Crippen LogP contribution in [0, 0.1) is 25.7 Å². The van der Waals surface area contributed by atoms with Gasteiger partial charge < -0.3 is 14.8 Å². The molecule has 10 heteroatoms. The highest BCUT2D eigenvalue weighted by Gasteiger charge is 2.36. The Balaban J connectivity index is 1.43. The van der Waals surface area contributed by atoms with Crippen molar-refractivity contribution in [2.45, 2.75) is 51.5 Å². The van der Waals surface area contributed by atoms with Crippen LogP contribution in [0.15, 0.2) is 33.7 Å². The van der Waals surface area contributed by atoms with E-state index in [1.807, 2.05) is 38.1 Å². The number of benzene rings is 1. The first-order valence-corrected chi connectivity index (χ1v) is 12.3. The Morgan fingerprint density at radius 2 is 1.91 bits per heavy atom. The molecule has 0 spiro atoms. The summed E-state index contributed by atoms with van der Waals surface area (Å²) in [6.07, 6.45) is 0.915. The predicted octanol–water partition coefficient (Wildman–Crippen LogP) is 3.08. The van der Waals surface area contributed by atoms with E-state index in [9.17, 15) is 13.2 Å². The minimum absolute atomic E-state index is 0.0708. The van der Waals surface area contributed by atoms with E-state index in [2.05, 4.69) is 20.4 Å². The molecule has 1 fully saturated rings. The Hall–Kier alpha value is -2.72. The highest BCUT2D eigenvalue weighted by molar-refractivity contribution is 7.89. The number of nitrogens with one attached hydrogen (secondary N) is 2. The molecule has 0 unspecified atom stereocenters. The summed E-state index contributed by atoms with van der Waals surface area (Å²) in [5.41, 5.74) is 2.15. The number of piperidine rings is 1. The molecule has 0 aliphatic carbocycles. The van der Waals surface area contributed by atoms with Crippen molar-refractivity contribution in [1.82, 2.24) is 24.7 Å². The van der Waals surface area contributed by atoms with Crippen LogP contribution >= 0.6 is 0 Å². The number of rotatable bonds is 6. The third-order valence-corrected chi connectivity index (χ3v) is 8.20. The maximum Gasteiger partial charge on any atom is 0.248 e. The van der Waals surface area contributed by atoms with Crippen LogP contribution in [-0.2, 0) is 14.8 Å². The predicted molar refractivity (Wildman–Crippen MR) is 119 cm³/mol. The van der Waals surface area contributed by atoms with Crippen LogP contribution < -0.4 is 5.32 Å². The molecule has 1 aromatic carbocycles. The number of hydrogen-bond donors (Lipinski definition) is 2. The van der Waals surface area contributed by atoms with Crippen molar-refractivity contribution in [3.05, 3.63) is 41.5 Å². The standard InChI is InChI=1S/C22H29N5O4S/c1-13(2)19(21-23-17-7-5-6-8-18(17)24-21)25-22(28)16-9-11-27(12-10-16)32(29,30)20-14(3)26-31-15(20)4/h5-8,13,16,19H,9-12H2,1-4H3,(H,23,24)(H,25,28)/t19-/m0/s1. The summed E-state index contributed by atoms with van der Waals surface area (Å²) in [6.45, 7) is 7.85. The van der Waals surface area contributed by atoms with E-state index in [4.69, 9.17) is 4.52 Å². The first-order valence-electron chi connectivity index (χ1n) is 10.9. The molecule has 32 heavy (non-hydrogen) atoms. The van der Waals surface area contributed by atoms with Gasteiger partial charge in [-0.1, -0.05) is 31.1 Å². The smallest absolute Gasteiger partial charge is 0.248 e. The number of imidazole rings is 1. The zero-order chi connectivity index (χ0) is 23.0. The third kappa shape index (κ3) is 4.16. The van der Waals surface area contributed by atoms with Gasteiger partial charge in [-0.05, 0) is 44.7 Å². The van der Waals surface area contributed by atoms with Gasteiger partial charge in [-0.15, -0.1) is 0 Å². The lowest BCUT2D eigenvalue weighted by molar-refractivity contribution is -0.127.